The first-order valence-electron chi connectivity index (χ1n) is 8.98. The van der Waals surface area contributed by atoms with E-state index in [4.69, 9.17) is 11.6 Å². The molecule has 2 aromatic rings. The molecule has 0 radical (unpaired) electrons. The minimum absolute atomic E-state index is 0.0897. The molecule has 0 saturated carbocycles. The van der Waals surface area contributed by atoms with E-state index >= 15 is 0 Å². The van der Waals surface area contributed by atoms with E-state index in [2.05, 4.69) is 17.1 Å². The van der Waals surface area contributed by atoms with Crippen molar-refractivity contribution in [2.45, 2.75) is 13.3 Å². The molecule has 1 saturated heterocycles. The summed E-state index contributed by atoms with van der Waals surface area (Å²) in [4.78, 5) is 16.4. The van der Waals surface area contributed by atoms with E-state index in [-0.39, 0.29) is 22.9 Å². The van der Waals surface area contributed by atoms with Crippen molar-refractivity contribution in [3.63, 3.8) is 0 Å². The molecular formula is C20H24ClFN3O+. The van der Waals surface area contributed by atoms with Crippen molar-refractivity contribution in [1.82, 2.24) is 0 Å². The molecule has 1 heterocycles. The summed E-state index contributed by atoms with van der Waals surface area (Å²) in [6.45, 7) is 7.42. The molecule has 0 unspecified atom stereocenters. The van der Waals surface area contributed by atoms with Gasteiger partial charge in [-0.1, -0.05) is 29.8 Å². The predicted molar refractivity (Wildman–Crippen MR) is 104 cm³/mol. The number of carbonyl (C=O) groups excluding carboxylic acids is 1. The number of halogens is 2. The number of carbonyl (C=O) groups is 1. The van der Waals surface area contributed by atoms with E-state index in [1.54, 1.807) is 11.0 Å². The summed E-state index contributed by atoms with van der Waals surface area (Å²) in [6, 6.07) is 12.2. The molecule has 3 rings (SSSR count). The number of nitrogens with one attached hydrogen (secondary N) is 2. The van der Waals surface area contributed by atoms with E-state index in [9.17, 15) is 9.18 Å². The molecule has 6 heteroatoms. The highest BCUT2D eigenvalue weighted by Gasteiger charge is 2.21. The third-order valence-corrected chi connectivity index (χ3v) is 5.24. The van der Waals surface area contributed by atoms with Crippen LogP contribution < -0.4 is 15.1 Å². The van der Waals surface area contributed by atoms with Crippen LogP contribution in [0, 0.1) is 5.82 Å². The predicted octanol–water partition coefficient (Wildman–Crippen LogP) is 2.39. The van der Waals surface area contributed by atoms with Gasteiger partial charge >= 0.3 is 0 Å². The van der Waals surface area contributed by atoms with Crippen LogP contribution in [-0.2, 0) is 11.2 Å². The smallest absolute Gasteiger partial charge is 0.229 e. The van der Waals surface area contributed by atoms with Crippen LogP contribution in [0.2, 0.25) is 5.02 Å². The lowest BCUT2D eigenvalue weighted by atomic mass is 10.1. The molecule has 2 aromatic carbocycles. The minimum atomic E-state index is -0.459. The van der Waals surface area contributed by atoms with E-state index in [1.807, 2.05) is 24.3 Å². The Hall–Kier alpha value is -2.11. The lowest BCUT2D eigenvalue weighted by molar-refractivity contribution is -0.898. The summed E-state index contributed by atoms with van der Waals surface area (Å²) < 4.78 is 13.9. The van der Waals surface area contributed by atoms with Crippen molar-refractivity contribution in [2.75, 3.05) is 42.9 Å². The SMILES string of the molecule is CC[NH+]1CCN(c2ccccc2NC(=O)Cc2c(F)cccc2Cl)CC1. The molecule has 4 nitrogen and oxygen atoms in total. The van der Waals surface area contributed by atoms with Gasteiger partial charge in [0.1, 0.15) is 5.82 Å². The molecule has 0 aromatic heterocycles. The number of hydrogen-bond acceptors (Lipinski definition) is 2. The minimum Gasteiger partial charge on any atom is -0.359 e. The van der Waals surface area contributed by atoms with Crippen molar-refractivity contribution in [3.05, 3.63) is 58.9 Å². The number of nitrogens with zero attached hydrogens (tertiary/aromatic N) is 1. The first kappa shape index (κ1) is 18.7. The van der Waals surface area contributed by atoms with Crippen LogP contribution >= 0.6 is 11.6 Å². The Morgan fingerprint density at radius 3 is 2.62 bits per heavy atom. The maximum absolute atomic E-state index is 13.9. The van der Waals surface area contributed by atoms with Crippen LogP contribution in [0.1, 0.15) is 12.5 Å². The summed E-state index contributed by atoms with van der Waals surface area (Å²) in [5.41, 5.74) is 1.99. The fraction of sp³-hybridized carbons (Fsp3) is 0.350. The van der Waals surface area contributed by atoms with E-state index in [1.165, 1.54) is 12.1 Å². The molecule has 1 aliphatic heterocycles. The summed E-state index contributed by atoms with van der Waals surface area (Å²) in [5, 5.41) is 3.19. The Labute approximate surface area is 158 Å². The van der Waals surface area contributed by atoms with Crippen LogP contribution in [0.4, 0.5) is 15.8 Å². The molecule has 26 heavy (non-hydrogen) atoms. The van der Waals surface area contributed by atoms with Gasteiger partial charge in [0.2, 0.25) is 5.91 Å². The third-order valence-electron chi connectivity index (χ3n) is 4.89. The van der Waals surface area contributed by atoms with Gasteiger partial charge in [0.15, 0.2) is 0 Å². The van der Waals surface area contributed by atoms with Gasteiger partial charge in [0.05, 0.1) is 50.5 Å². The zero-order valence-corrected chi connectivity index (χ0v) is 15.7. The number of amides is 1. The second kappa shape index (κ2) is 8.52. The standard InChI is InChI=1S/C20H23ClFN3O/c1-2-24-10-12-25(13-11-24)19-9-4-3-8-18(19)23-20(26)14-15-16(21)6-5-7-17(15)22/h3-9H,2,10-14H2,1H3,(H,23,26)/p+1. The van der Waals surface area contributed by atoms with E-state index in [0.717, 1.165) is 44.1 Å². The average Bonchev–Trinajstić information content (AvgIpc) is 2.65. The number of rotatable bonds is 5. The van der Waals surface area contributed by atoms with Crippen LogP contribution in [-0.4, -0.2) is 38.6 Å². The number of likely N-dealkylation sites (N-methyl/N-ethyl adjacent to an activating group) is 1. The van der Waals surface area contributed by atoms with Gasteiger partial charge in [0.25, 0.3) is 0 Å². The summed E-state index contributed by atoms with van der Waals surface area (Å²) in [5.74, 6) is -0.734. The van der Waals surface area contributed by atoms with Gasteiger partial charge in [-0.2, -0.15) is 0 Å². The average molecular weight is 377 g/mol. The second-order valence-electron chi connectivity index (χ2n) is 6.53. The zero-order valence-electron chi connectivity index (χ0n) is 14.9. The summed E-state index contributed by atoms with van der Waals surface area (Å²) >= 11 is 6.03. The normalized spacial score (nSPS) is 15.1. The molecule has 0 bridgehead atoms. The van der Waals surface area contributed by atoms with Crippen molar-refractivity contribution in [1.29, 1.82) is 0 Å². The Balaban J connectivity index is 1.71. The second-order valence-corrected chi connectivity index (χ2v) is 6.94. The maximum atomic E-state index is 13.9. The van der Waals surface area contributed by atoms with Gasteiger partial charge in [-0.05, 0) is 31.2 Å². The molecule has 0 atom stereocenters. The number of benzene rings is 2. The number of para-hydroxylation sites is 2. The third kappa shape index (κ3) is 4.34. The Morgan fingerprint density at radius 2 is 1.92 bits per heavy atom. The molecule has 2 N–H and O–H groups in total. The first-order chi connectivity index (χ1) is 12.6. The quantitative estimate of drug-likeness (QED) is 0.840. The van der Waals surface area contributed by atoms with Crippen molar-refractivity contribution >= 4 is 28.9 Å². The topological polar surface area (TPSA) is 36.8 Å². The molecule has 0 aliphatic carbocycles. The maximum Gasteiger partial charge on any atom is 0.229 e. The largest absolute Gasteiger partial charge is 0.359 e. The van der Waals surface area contributed by atoms with Crippen LogP contribution in [0.3, 0.4) is 0 Å². The highest BCUT2D eigenvalue weighted by Crippen LogP contribution is 2.26. The summed E-state index contributed by atoms with van der Waals surface area (Å²) in [7, 11) is 0. The molecule has 138 valence electrons. The lowest BCUT2D eigenvalue weighted by Crippen LogP contribution is -3.14. The Bertz CT molecular complexity index is 755. The van der Waals surface area contributed by atoms with Crippen molar-refractivity contribution < 1.29 is 14.1 Å². The zero-order chi connectivity index (χ0) is 18.5. The van der Waals surface area contributed by atoms with Crippen LogP contribution in [0.5, 0.6) is 0 Å². The fourth-order valence-corrected chi connectivity index (χ4v) is 3.56. The molecule has 0 spiro atoms. The highest BCUT2D eigenvalue weighted by atomic mass is 35.5. The van der Waals surface area contributed by atoms with Crippen molar-refractivity contribution in [3.8, 4) is 0 Å². The number of anilines is 2. The number of quaternary nitrogens is 1. The van der Waals surface area contributed by atoms with Gasteiger partial charge < -0.3 is 15.1 Å². The Morgan fingerprint density at radius 1 is 1.19 bits per heavy atom. The molecule has 1 fully saturated rings. The molecule has 1 amide bonds. The van der Waals surface area contributed by atoms with E-state index in [0.29, 0.717) is 0 Å². The first-order valence-corrected chi connectivity index (χ1v) is 9.36. The van der Waals surface area contributed by atoms with Gasteiger partial charge in [-0.25, -0.2) is 4.39 Å². The fourth-order valence-electron chi connectivity index (χ4n) is 3.33. The lowest BCUT2D eigenvalue weighted by Gasteiger charge is -2.34. The van der Waals surface area contributed by atoms with E-state index < -0.39 is 5.82 Å². The number of piperazine rings is 1. The monoisotopic (exact) mass is 376 g/mol. The summed E-state index contributed by atoms with van der Waals surface area (Å²) in [6.07, 6.45) is -0.0897. The van der Waals surface area contributed by atoms with Gasteiger partial charge in [-0.15, -0.1) is 0 Å². The van der Waals surface area contributed by atoms with Gasteiger partial charge in [0, 0.05) is 10.6 Å². The molecular weight excluding hydrogens is 353 g/mol. The Kier molecular flexibility index (Phi) is 6.12. The van der Waals surface area contributed by atoms with Crippen molar-refractivity contribution in [2.24, 2.45) is 0 Å². The molecule has 1 aliphatic rings. The van der Waals surface area contributed by atoms with Crippen LogP contribution in [0.25, 0.3) is 0 Å². The van der Waals surface area contributed by atoms with Gasteiger partial charge in [-0.3, -0.25) is 4.79 Å². The number of hydrogen-bond donors (Lipinski definition) is 2. The van der Waals surface area contributed by atoms with Crippen LogP contribution in [0.15, 0.2) is 42.5 Å². The highest BCUT2D eigenvalue weighted by molar-refractivity contribution is 6.31.